The zero-order valence-electron chi connectivity index (χ0n) is 18.3. The number of carbonyl (C=O) groups excluding carboxylic acids is 1. The number of nitro benzene ring substituents is 1. The number of ether oxygens (including phenoxy) is 1. The molecule has 2 aromatic carbocycles. The van der Waals surface area contributed by atoms with Crippen molar-refractivity contribution in [2.24, 2.45) is 4.99 Å². The fourth-order valence-corrected chi connectivity index (χ4v) is 3.41. The van der Waals surface area contributed by atoms with Gasteiger partial charge in [0.05, 0.1) is 18.6 Å². The van der Waals surface area contributed by atoms with Crippen molar-refractivity contribution in [1.82, 2.24) is 15.5 Å². The van der Waals surface area contributed by atoms with Crippen LogP contribution in [0.1, 0.15) is 30.4 Å². The van der Waals surface area contributed by atoms with Crippen LogP contribution in [0.4, 0.5) is 5.69 Å². The fourth-order valence-electron chi connectivity index (χ4n) is 3.41. The second kappa shape index (κ2) is 11.7. The number of non-ortho nitro benzene ring substituents is 1. The number of likely N-dealkylation sites (tertiary alicyclic amines) is 1. The molecule has 3 rings (SSSR count). The van der Waals surface area contributed by atoms with Gasteiger partial charge in [-0.1, -0.05) is 24.3 Å². The molecular weight excluding hydrogens is 410 g/mol. The Morgan fingerprint density at radius 2 is 1.84 bits per heavy atom. The number of aliphatic imine (C=N–C) groups is 1. The molecule has 32 heavy (non-hydrogen) atoms. The normalized spacial score (nSPS) is 13.8. The van der Waals surface area contributed by atoms with Crippen molar-refractivity contribution in [3.8, 4) is 5.75 Å². The Kier molecular flexibility index (Phi) is 8.42. The van der Waals surface area contributed by atoms with Crippen LogP contribution >= 0.6 is 0 Å². The van der Waals surface area contributed by atoms with Crippen molar-refractivity contribution in [1.29, 1.82) is 0 Å². The lowest BCUT2D eigenvalue weighted by molar-refractivity contribution is -0.384. The number of methoxy groups -OCH3 is 1. The van der Waals surface area contributed by atoms with Gasteiger partial charge in [0.15, 0.2) is 5.96 Å². The van der Waals surface area contributed by atoms with E-state index in [0.717, 1.165) is 42.8 Å². The maximum Gasteiger partial charge on any atom is 0.269 e. The highest BCUT2D eigenvalue weighted by Crippen LogP contribution is 2.13. The summed E-state index contributed by atoms with van der Waals surface area (Å²) in [5.41, 5.74) is 2.03. The van der Waals surface area contributed by atoms with Crippen LogP contribution in [0.5, 0.6) is 5.75 Å². The number of hydrogen-bond donors (Lipinski definition) is 2. The summed E-state index contributed by atoms with van der Waals surface area (Å²) in [5, 5.41) is 17.4. The van der Waals surface area contributed by atoms with Gasteiger partial charge in [-0.2, -0.15) is 0 Å². The minimum absolute atomic E-state index is 0.0664. The third-order valence-corrected chi connectivity index (χ3v) is 5.25. The summed E-state index contributed by atoms with van der Waals surface area (Å²) in [7, 11) is 1.63. The Bertz CT molecular complexity index is 928. The topological polar surface area (TPSA) is 109 Å². The number of nitro groups is 1. The average molecular weight is 440 g/mol. The van der Waals surface area contributed by atoms with Gasteiger partial charge in [0, 0.05) is 44.7 Å². The number of benzene rings is 2. The van der Waals surface area contributed by atoms with Gasteiger partial charge in [-0.25, -0.2) is 4.99 Å². The molecule has 0 bridgehead atoms. The molecule has 9 heteroatoms. The molecule has 0 radical (unpaired) electrons. The molecule has 2 aromatic rings. The molecule has 1 fully saturated rings. The first-order chi connectivity index (χ1) is 15.5. The summed E-state index contributed by atoms with van der Waals surface area (Å²) >= 11 is 0. The van der Waals surface area contributed by atoms with Crippen molar-refractivity contribution >= 4 is 17.6 Å². The van der Waals surface area contributed by atoms with Crippen LogP contribution in [0.25, 0.3) is 0 Å². The molecule has 170 valence electrons. The van der Waals surface area contributed by atoms with Crippen LogP contribution in [-0.2, 0) is 17.9 Å². The van der Waals surface area contributed by atoms with Gasteiger partial charge in [-0.05, 0) is 36.1 Å². The maximum atomic E-state index is 11.8. The van der Waals surface area contributed by atoms with E-state index in [1.165, 1.54) is 12.1 Å². The first kappa shape index (κ1) is 23.1. The van der Waals surface area contributed by atoms with Crippen molar-refractivity contribution < 1.29 is 14.5 Å². The first-order valence-electron chi connectivity index (χ1n) is 10.7. The van der Waals surface area contributed by atoms with Gasteiger partial charge >= 0.3 is 0 Å². The molecule has 0 spiro atoms. The fraction of sp³-hybridized carbons (Fsp3) is 0.391. The summed E-state index contributed by atoms with van der Waals surface area (Å²) < 4.78 is 5.19. The smallest absolute Gasteiger partial charge is 0.269 e. The van der Waals surface area contributed by atoms with E-state index in [-0.39, 0.29) is 11.6 Å². The first-order valence-corrected chi connectivity index (χ1v) is 10.7. The van der Waals surface area contributed by atoms with Crippen molar-refractivity contribution in [2.45, 2.75) is 32.4 Å². The van der Waals surface area contributed by atoms with Crippen LogP contribution < -0.4 is 15.4 Å². The Morgan fingerprint density at radius 1 is 1.12 bits per heavy atom. The van der Waals surface area contributed by atoms with E-state index in [1.807, 2.05) is 29.2 Å². The molecule has 0 saturated carbocycles. The van der Waals surface area contributed by atoms with E-state index in [4.69, 9.17) is 4.74 Å². The van der Waals surface area contributed by atoms with Gasteiger partial charge in [0.25, 0.3) is 5.69 Å². The predicted octanol–water partition coefficient (Wildman–Crippen LogP) is 2.85. The lowest BCUT2D eigenvalue weighted by Crippen LogP contribution is -2.38. The summed E-state index contributed by atoms with van der Waals surface area (Å²) in [4.78, 5) is 28.7. The predicted molar refractivity (Wildman–Crippen MR) is 123 cm³/mol. The molecular formula is C23H29N5O4. The summed E-state index contributed by atoms with van der Waals surface area (Å²) in [6, 6.07) is 14.2. The minimum atomic E-state index is -0.411. The van der Waals surface area contributed by atoms with Crippen molar-refractivity contribution in [3.63, 3.8) is 0 Å². The molecule has 0 atom stereocenters. The second-order valence-electron chi connectivity index (χ2n) is 7.55. The van der Waals surface area contributed by atoms with E-state index in [0.29, 0.717) is 32.0 Å². The summed E-state index contributed by atoms with van der Waals surface area (Å²) in [5.74, 6) is 1.67. The highest BCUT2D eigenvalue weighted by atomic mass is 16.6. The summed E-state index contributed by atoms with van der Waals surface area (Å²) in [6.07, 6.45) is 2.42. The van der Waals surface area contributed by atoms with Crippen LogP contribution in [-0.4, -0.2) is 48.4 Å². The molecule has 0 aromatic heterocycles. The third-order valence-electron chi connectivity index (χ3n) is 5.25. The van der Waals surface area contributed by atoms with Crippen LogP contribution in [0, 0.1) is 10.1 Å². The number of rotatable bonds is 10. The van der Waals surface area contributed by atoms with Gasteiger partial charge < -0.3 is 20.3 Å². The quantitative estimate of drug-likeness (QED) is 0.194. The molecule has 1 heterocycles. The zero-order valence-corrected chi connectivity index (χ0v) is 18.3. The SMILES string of the molecule is COc1ccc(CN=C(NCCCN2CCCC2=O)NCc2ccc([N+](=O)[O-])cc2)cc1. The number of amides is 1. The molecule has 1 amide bonds. The minimum Gasteiger partial charge on any atom is -0.497 e. The Hall–Kier alpha value is -3.62. The van der Waals surface area contributed by atoms with E-state index >= 15 is 0 Å². The zero-order chi connectivity index (χ0) is 22.8. The molecule has 2 N–H and O–H groups in total. The standard InChI is InChI=1S/C23H29N5O4/c1-32-21-11-7-19(8-12-21)17-26-23(24-13-3-15-27-14-2-4-22(27)29)25-16-18-5-9-20(10-6-18)28(30)31/h5-12H,2-4,13-17H2,1H3,(H2,24,25,26). The number of guanidine groups is 1. The molecule has 1 aliphatic rings. The number of hydrogen-bond acceptors (Lipinski definition) is 5. The van der Waals surface area contributed by atoms with Crippen LogP contribution in [0.3, 0.4) is 0 Å². The van der Waals surface area contributed by atoms with Crippen LogP contribution in [0.2, 0.25) is 0 Å². The Morgan fingerprint density at radius 3 is 2.47 bits per heavy atom. The van der Waals surface area contributed by atoms with Gasteiger partial charge in [-0.3, -0.25) is 14.9 Å². The Labute approximate surface area is 187 Å². The van der Waals surface area contributed by atoms with E-state index < -0.39 is 4.92 Å². The number of nitrogens with one attached hydrogen (secondary N) is 2. The van der Waals surface area contributed by atoms with Gasteiger partial charge in [0.2, 0.25) is 5.91 Å². The number of nitrogens with zero attached hydrogens (tertiary/aromatic N) is 3. The van der Waals surface area contributed by atoms with E-state index in [1.54, 1.807) is 19.2 Å². The molecule has 1 aliphatic heterocycles. The van der Waals surface area contributed by atoms with Gasteiger partial charge in [0.1, 0.15) is 5.75 Å². The maximum absolute atomic E-state index is 11.8. The molecule has 1 saturated heterocycles. The van der Waals surface area contributed by atoms with Crippen LogP contribution in [0.15, 0.2) is 53.5 Å². The lowest BCUT2D eigenvalue weighted by Gasteiger charge is -2.17. The lowest BCUT2D eigenvalue weighted by atomic mass is 10.2. The van der Waals surface area contributed by atoms with Crippen molar-refractivity contribution in [2.75, 3.05) is 26.7 Å². The largest absolute Gasteiger partial charge is 0.497 e. The van der Waals surface area contributed by atoms with Crippen molar-refractivity contribution in [3.05, 3.63) is 69.8 Å². The highest BCUT2D eigenvalue weighted by molar-refractivity contribution is 5.80. The van der Waals surface area contributed by atoms with E-state index in [2.05, 4.69) is 15.6 Å². The Balaban J connectivity index is 1.56. The van der Waals surface area contributed by atoms with E-state index in [9.17, 15) is 14.9 Å². The highest BCUT2D eigenvalue weighted by Gasteiger charge is 2.18. The monoisotopic (exact) mass is 439 g/mol. The van der Waals surface area contributed by atoms with Gasteiger partial charge in [-0.15, -0.1) is 0 Å². The average Bonchev–Trinajstić information content (AvgIpc) is 3.23. The summed E-state index contributed by atoms with van der Waals surface area (Å²) in [6.45, 7) is 3.23. The second-order valence-corrected chi connectivity index (χ2v) is 7.55. The third kappa shape index (κ3) is 6.97. The number of carbonyl (C=O) groups is 1. The molecule has 0 unspecified atom stereocenters. The molecule has 0 aliphatic carbocycles. The molecule has 9 nitrogen and oxygen atoms in total.